The number of carbonyl (C=O) groups is 2. The van der Waals surface area contributed by atoms with Gasteiger partial charge in [0.25, 0.3) is 0 Å². The van der Waals surface area contributed by atoms with Gasteiger partial charge in [0, 0.05) is 23.3 Å². The lowest BCUT2D eigenvalue weighted by Crippen LogP contribution is -2.41. The number of aliphatic hydroxyl groups is 6. The van der Waals surface area contributed by atoms with E-state index in [-0.39, 0.29) is 11.5 Å². The standard InChI is InChI=1S/2C13H12O4/c2*14-10-6-7-11(13(16,17)8-10)12(15)9-4-2-1-3-5-9/h2*1-8,11,14,16-17H. The summed E-state index contributed by atoms with van der Waals surface area (Å²) in [6.07, 6.45) is 6.80. The second-order valence-electron chi connectivity index (χ2n) is 7.84. The first-order valence-corrected chi connectivity index (χ1v) is 10.3. The van der Waals surface area contributed by atoms with Crippen molar-refractivity contribution in [2.24, 2.45) is 11.8 Å². The SMILES string of the molecule is O=C(c1ccccc1)C1C=CC(O)=CC1(O)O.O=C(c1ccccc1)C1C=CC(O)=CC1(O)O. The van der Waals surface area contributed by atoms with Gasteiger partial charge in [-0.1, -0.05) is 72.8 Å². The normalized spacial score (nSPS) is 22.0. The van der Waals surface area contributed by atoms with Gasteiger partial charge in [-0.05, 0) is 12.2 Å². The fourth-order valence-electron chi connectivity index (χ4n) is 3.51. The van der Waals surface area contributed by atoms with Crippen LogP contribution in [-0.2, 0) is 0 Å². The van der Waals surface area contributed by atoms with E-state index in [9.17, 15) is 30.0 Å². The average Bonchev–Trinajstić information content (AvgIpc) is 2.78. The molecule has 0 amide bonds. The molecule has 0 aliphatic heterocycles. The summed E-state index contributed by atoms with van der Waals surface area (Å²) in [6.45, 7) is 0. The van der Waals surface area contributed by atoms with Crippen LogP contribution < -0.4 is 0 Å². The molecular formula is C26H24O8. The summed E-state index contributed by atoms with van der Waals surface area (Å²) in [6, 6.07) is 16.7. The number of hydrogen-bond donors (Lipinski definition) is 6. The van der Waals surface area contributed by atoms with Crippen molar-refractivity contribution in [2.75, 3.05) is 0 Å². The van der Waals surface area contributed by atoms with Gasteiger partial charge in [0.1, 0.15) is 11.5 Å². The second-order valence-corrected chi connectivity index (χ2v) is 7.84. The molecule has 2 aliphatic rings. The first-order valence-electron chi connectivity index (χ1n) is 10.3. The van der Waals surface area contributed by atoms with Crippen LogP contribution >= 0.6 is 0 Å². The number of aliphatic hydroxyl groups excluding tert-OH is 2. The quantitative estimate of drug-likeness (QED) is 0.298. The molecular weight excluding hydrogens is 440 g/mol. The van der Waals surface area contributed by atoms with Gasteiger partial charge < -0.3 is 30.6 Å². The molecule has 2 aromatic rings. The Labute approximate surface area is 195 Å². The molecule has 6 N–H and O–H groups in total. The summed E-state index contributed by atoms with van der Waals surface area (Å²) >= 11 is 0. The maximum atomic E-state index is 12.0. The van der Waals surface area contributed by atoms with Crippen molar-refractivity contribution in [2.45, 2.75) is 11.6 Å². The molecule has 0 saturated carbocycles. The molecule has 2 atom stereocenters. The zero-order valence-electron chi connectivity index (χ0n) is 17.9. The highest BCUT2D eigenvalue weighted by molar-refractivity contribution is 6.00. The van der Waals surface area contributed by atoms with Crippen molar-refractivity contribution in [1.82, 2.24) is 0 Å². The molecule has 8 heteroatoms. The fourth-order valence-corrected chi connectivity index (χ4v) is 3.51. The van der Waals surface area contributed by atoms with E-state index in [4.69, 9.17) is 10.2 Å². The highest BCUT2D eigenvalue weighted by atomic mass is 16.5. The molecule has 0 radical (unpaired) electrons. The van der Waals surface area contributed by atoms with Gasteiger partial charge in [-0.15, -0.1) is 0 Å². The average molecular weight is 464 g/mol. The Morgan fingerprint density at radius 3 is 1.21 bits per heavy atom. The Hall–Kier alpha value is -3.82. The predicted octanol–water partition coefficient (Wildman–Crippen LogP) is 2.36. The third kappa shape index (κ3) is 5.75. The highest BCUT2D eigenvalue weighted by Gasteiger charge is 2.40. The molecule has 4 rings (SSSR count). The Balaban J connectivity index is 0.000000191. The van der Waals surface area contributed by atoms with Crippen molar-refractivity contribution in [3.05, 3.63) is 120 Å². The summed E-state index contributed by atoms with van der Waals surface area (Å²) in [7, 11) is 0. The summed E-state index contributed by atoms with van der Waals surface area (Å²) in [5.74, 6) is -8.29. The molecule has 0 heterocycles. The van der Waals surface area contributed by atoms with Gasteiger partial charge in [0.15, 0.2) is 11.6 Å². The lowest BCUT2D eigenvalue weighted by Gasteiger charge is -2.27. The van der Waals surface area contributed by atoms with Crippen molar-refractivity contribution in [1.29, 1.82) is 0 Å². The van der Waals surface area contributed by atoms with E-state index < -0.39 is 35.0 Å². The maximum Gasteiger partial charge on any atom is 0.200 e. The van der Waals surface area contributed by atoms with Crippen molar-refractivity contribution in [3.63, 3.8) is 0 Å². The first kappa shape index (κ1) is 24.8. The first-order chi connectivity index (χ1) is 16.0. The van der Waals surface area contributed by atoms with Crippen molar-refractivity contribution in [3.8, 4) is 0 Å². The van der Waals surface area contributed by atoms with Gasteiger partial charge in [-0.25, -0.2) is 0 Å². The van der Waals surface area contributed by atoms with Crippen LogP contribution in [0.15, 0.2) is 109 Å². The summed E-state index contributed by atoms with van der Waals surface area (Å²) in [5, 5.41) is 57.0. The minimum Gasteiger partial charge on any atom is -0.508 e. The van der Waals surface area contributed by atoms with Gasteiger partial charge in [-0.3, -0.25) is 9.59 Å². The molecule has 2 unspecified atom stereocenters. The van der Waals surface area contributed by atoms with Crippen LogP contribution in [0.1, 0.15) is 20.7 Å². The second kappa shape index (κ2) is 9.98. The molecule has 34 heavy (non-hydrogen) atoms. The summed E-state index contributed by atoms with van der Waals surface area (Å²) in [5.41, 5.74) is 0.786. The molecule has 0 saturated heterocycles. The van der Waals surface area contributed by atoms with Crippen LogP contribution in [0.25, 0.3) is 0 Å². The van der Waals surface area contributed by atoms with E-state index in [1.807, 2.05) is 0 Å². The topological polar surface area (TPSA) is 156 Å². The van der Waals surface area contributed by atoms with Crippen LogP contribution in [0, 0.1) is 11.8 Å². The van der Waals surface area contributed by atoms with E-state index in [2.05, 4.69) is 0 Å². The Morgan fingerprint density at radius 1 is 0.588 bits per heavy atom. The number of rotatable bonds is 4. The smallest absolute Gasteiger partial charge is 0.200 e. The molecule has 2 aliphatic carbocycles. The zero-order chi connectivity index (χ0) is 24.9. The predicted molar refractivity (Wildman–Crippen MR) is 123 cm³/mol. The number of hydrogen-bond acceptors (Lipinski definition) is 8. The lowest BCUT2D eigenvalue weighted by molar-refractivity contribution is -0.139. The maximum absolute atomic E-state index is 12.0. The highest BCUT2D eigenvalue weighted by Crippen LogP contribution is 2.28. The number of allylic oxidation sites excluding steroid dienone is 2. The molecule has 2 aromatic carbocycles. The zero-order valence-corrected chi connectivity index (χ0v) is 17.9. The van der Waals surface area contributed by atoms with Gasteiger partial charge in [0.2, 0.25) is 11.6 Å². The van der Waals surface area contributed by atoms with E-state index in [0.717, 1.165) is 12.2 Å². The van der Waals surface area contributed by atoms with E-state index >= 15 is 0 Å². The number of carbonyl (C=O) groups excluding carboxylic acids is 2. The third-order valence-electron chi connectivity index (χ3n) is 5.24. The van der Waals surface area contributed by atoms with E-state index in [1.54, 1.807) is 60.7 Å². The largest absolute Gasteiger partial charge is 0.508 e. The minimum atomic E-state index is -2.36. The lowest BCUT2D eigenvalue weighted by atomic mass is 9.86. The summed E-state index contributed by atoms with van der Waals surface area (Å²) < 4.78 is 0. The van der Waals surface area contributed by atoms with Crippen LogP contribution in [0.2, 0.25) is 0 Å². The number of ketones is 2. The number of benzene rings is 2. The minimum absolute atomic E-state index is 0.271. The van der Waals surface area contributed by atoms with Crippen molar-refractivity contribution >= 4 is 11.6 Å². The van der Waals surface area contributed by atoms with E-state index in [1.165, 1.54) is 24.3 Å². The van der Waals surface area contributed by atoms with Crippen LogP contribution in [0.4, 0.5) is 0 Å². The monoisotopic (exact) mass is 464 g/mol. The molecule has 0 bridgehead atoms. The van der Waals surface area contributed by atoms with Gasteiger partial charge in [-0.2, -0.15) is 0 Å². The molecule has 0 spiro atoms. The molecule has 8 nitrogen and oxygen atoms in total. The van der Waals surface area contributed by atoms with E-state index in [0.29, 0.717) is 11.1 Å². The Bertz CT molecular complexity index is 1060. The molecule has 176 valence electrons. The summed E-state index contributed by atoms with van der Waals surface area (Å²) in [4.78, 5) is 24.1. The fraction of sp³-hybridized carbons (Fsp3) is 0.154. The molecule has 0 fully saturated rings. The molecule has 0 aromatic heterocycles. The van der Waals surface area contributed by atoms with Crippen LogP contribution in [0.3, 0.4) is 0 Å². The van der Waals surface area contributed by atoms with Crippen molar-refractivity contribution < 1.29 is 40.2 Å². The van der Waals surface area contributed by atoms with Crippen LogP contribution in [-0.4, -0.2) is 53.8 Å². The Kier molecular flexibility index (Phi) is 7.29. The van der Waals surface area contributed by atoms with Crippen LogP contribution in [0.5, 0.6) is 0 Å². The number of Topliss-reactive ketones (excluding diaryl/α,β-unsaturated/α-hetero) is 2. The van der Waals surface area contributed by atoms with Gasteiger partial charge in [0.05, 0.1) is 11.8 Å². The Morgan fingerprint density at radius 2 is 0.912 bits per heavy atom. The van der Waals surface area contributed by atoms with Gasteiger partial charge >= 0.3 is 0 Å². The third-order valence-corrected chi connectivity index (χ3v) is 5.24.